The van der Waals surface area contributed by atoms with E-state index in [0.717, 1.165) is 10.2 Å². The van der Waals surface area contributed by atoms with Crippen molar-refractivity contribution in [2.24, 2.45) is 5.92 Å². The Kier molecular flexibility index (Phi) is 5.68. The SMILES string of the molecule is CCC(Nc1ccc(Cl)c(Br)c1)(C(=O)OC)C(C)C. The molecule has 0 fully saturated rings. The molecule has 1 rings (SSSR count). The third kappa shape index (κ3) is 3.42. The molecule has 0 aliphatic heterocycles. The van der Waals surface area contributed by atoms with Gasteiger partial charge in [0, 0.05) is 10.2 Å². The first-order valence-electron chi connectivity index (χ1n) is 6.19. The van der Waals surface area contributed by atoms with Crippen LogP contribution in [0.15, 0.2) is 22.7 Å². The summed E-state index contributed by atoms with van der Waals surface area (Å²) in [6, 6.07) is 5.49. The molecule has 3 nitrogen and oxygen atoms in total. The Hall–Kier alpha value is -0.740. The fourth-order valence-electron chi connectivity index (χ4n) is 2.09. The number of hydrogen-bond donors (Lipinski definition) is 1. The first-order chi connectivity index (χ1) is 8.87. The van der Waals surface area contributed by atoms with Crippen molar-refractivity contribution < 1.29 is 9.53 Å². The number of rotatable bonds is 5. The highest BCUT2D eigenvalue weighted by molar-refractivity contribution is 9.10. The predicted molar refractivity (Wildman–Crippen MR) is 82.7 cm³/mol. The monoisotopic (exact) mass is 347 g/mol. The summed E-state index contributed by atoms with van der Waals surface area (Å²) in [5.41, 5.74) is 0.0967. The molecule has 1 N–H and O–H groups in total. The van der Waals surface area contributed by atoms with Crippen LogP contribution in [0, 0.1) is 5.92 Å². The molecule has 0 bridgehead atoms. The number of esters is 1. The number of carbonyl (C=O) groups excluding carboxylic acids is 1. The number of ether oxygens (including phenoxy) is 1. The van der Waals surface area contributed by atoms with Gasteiger partial charge in [-0.15, -0.1) is 0 Å². The third-order valence-electron chi connectivity index (χ3n) is 3.38. The molecule has 0 amide bonds. The number of hydrogen-bond acceptors (Lipinski definition) is 3. The fourth-order valence-corrected chi connectivity index (χ4v) is 2.58. The molecule has 1 unspecified atom stereocenters. The van der Waals surface area contributed by atoms with Gasteiger partial charge in [0.25, 0.3) is 0 Å². The molecule has 1 aromatic carbocycles. The van der Waals surface area contributed by atoms with E-state index in [1.807, 2.05) is 32.9 Å². The van der Waals surface area contributed by atoms with Crippen LogP contribution in [0.4, 0.5) is 5.69 Å². The molecule has 0 heterocycles. The summed E-state index contributed by atoms with van der Waals surface area (Å²) in [5, 5.41) is 3.93. The van der Waals surface area contributed by atoms with Crippen molar-refractivity contribution in [3.63, 3.8) is 0 Å². The first kappa shape index (κ1) is 16.3. The Morgan fingerprint density at radius 3 is 2.58 bits per heavy atom. The van der Waals surface area contributed by atoms with Crippen LogP contribution in [0.2, 0.25) is 5.02 Å². The number of benzene rings is 1. The Labute approximate surface area is 127 Å². The molecule has 19 heavy (non-hydrogen) atoms. The van der Waals surface area contributed by atoms with Gasteiger partial charge < -0.3 is 10.1 Å². The Bertz CT molecular complexity index is 465. The highest BCUT2D eigenvalue weighted by atomic mass is 79.9. The maximum atomic E-state index is 12.1. The lowest BCUT2D eigenvalue weighted by atomic mass is 9.83. The number of nitrogens with one attached hydrogen (secondary N) is 1. The fraction of sp³-hybridized carbons (Fsp3) is 0.500. The normalized spacial score (nSPS) is 14.1. The van der Waals surface area contributed by atoms with Gasteiger partial charge in [-0.05, 0) is 46.5 Å². The second kappa shape index (κ2) is 6.62. The van der Waals surface area contributed by atoms with Gasteiger partial charge >= 0.3 is 5.97 Å². The number of halogens is 2. The van der Waals surface area contributed by atoms with Crippen molar-refractivity contribution in [1.82, 2.24) is 0 Å². The van der Waals surface area contributed by atoms with Crippen molar-refractivity contribution in [2.45, 2.75) is 32.7 Å². The molecule has 5 heteroatoms. The van der Waals surface area contributed by atoms with E-state index in [9.17, 15) is 4.79 Å². The summed E-state index contributed by atoms with van der Waals surface area (Å²) in [5.74, 6) is -0.157. The van der Waals surface area contributed by atoms with Crippen LogP contribution in [0.5, 0.6) is 0 Å². The lowest BCUT2D eigenvalue weighted by molar-refractivity contribution is -0.147. The Balaban J connectivity index is 3.13. The van der Waals surface area contributed by atoms with Gasteiger partial charge in [-0.25, -0.2) is 4.79 Å². The van der Waals surface area contributed by atoms with Gasteiger partial charge in [-0.3, -0.25) is 0 Å². The Morgan fingerprint density at radius 2 is 2.16 bits per heavy atom. The smallest absolute Gasteiger partial charge is 0.331 e. The van der Waals surface area contributed by atoms with Gasteiger partial charge in [-0.1, -0.05) is 32.4 Å². The zero-order valence-corrected chi connectivity index (χ0v) is 13.9. The van der Waals surface area contributed by atoms with Crippen LogP contribution in [0.1, 0.15) is 27.2 Å². The average molecular weight is 349 g/mol. The van der Waals surface area contributed by atoms with Gasteiger partial charge in [0.2, 0.25) is 0 Å². The minimum atomic E-state index is -0.734. The van der Waals surface area contributed by atoms with Crippen LogP contribution < -0.4 is 5.32 Å². The van der Waals surface area contributed by atoms with Crippen LogP contribution >= 0.6 is 27.5 Å². The molecule has 0 saturated carbocycles. The summed E-state index contributed by atoms with van der Waals surface area (Å²) < 4.78 is 5.74. The minimum Gasteiger partial charge on any atom is -0.467 e. The first-order valence-corrected chi connectivity index (χ1v) is 7.36. The second-order valence-corrected chi connectivity index (χ2v) is 5.99. The topological polar surface area (TPSA) is 38.3 Å². The third-order valence-corrected chi connectivity index (χ3v) is 4.59. The molecule has 0 radical (unpaired) electrons. The van der Waals surface area contributed by atoms with Gasteiger partial charge in [0.15, 0.2) is 0 Å². The van der Waals surface area contributed by atoms with Crippen molar-refractivity contribution >= 4 is 39.2 Å². The molecular formula is C14H19BrClNO2. The molecule has 0 aliphatic rings. The molecule has 106 valence electrons. The molecule has 0 aliphatic carbocycles. The van der Waals surface area contributed by atoms with E-state index < -0.39 is 5.54 Å². The molecule has 1 atom stereocenters. The second-order valence-electron chi connectivity index (χ2n) is 4.73. The van der Waals surface area contributed by atoms with E-state index in [1.54, 1.807) is 6.07 Å². The zero-order chi connectivity index (χ0) is 14.6. The van der Waals surface area contributed by atoms with Crippen molar-refractivity contribution in [3.8, 4) is 0 Å². The summed E-state index contributed by atoms with van der Waals surface area (Å²) in [6.45, 7) is 5.96. The lowest BCUT2D eigenvalue weighted by Gasteiger charge is -2.35. The maximum Gasteiger partial charge on any atom is 0.331 e. The summed E-state index contributed by atoms with van der Waals surface area (Å²) in [7, 11) is 1.41. The number of methoxy groups -OCH3 is 1. The molecule has 0 aromatic heterocycles. The summed E-state index contributed by atoms with van der Waals surface area (Å²) >= 11 is 9.35. The molecular weight excluding hydrogens is 330 g/mol. The standard InChI is InChI=1S/C14H19BrClNO2/c1-5-14(9(2)3,13(18)19-4)17-10-6-7-12(16)11(15)8-10/h6-9,17H,5H2,1-4H3. The zero-order valence-electron chi connectivity index (χ0n) is 11.6. The van der Waals surface area contributed by atoms with Crippen molar-refractivity contribution in [2.75, 3.05) is 12.4 Å². The van der Waals surface area contributed by atoms with Crippen LogP contribution in [0.25, 0.3) is 0 Å². The van der Waals surface area contributed by atoms with Crippen molar-refractivity contribution in [3.05, 3.63) is 27.7 Å². The van der Waals surface area contributed by atoms with Gasteiger partial charge in [0.1, 0.15) is 5.54 Å². The van der Waals surface area contributed by atoms with E-state index in [2.05, 4.69) is 21.2 Å². The van der Waals surface area contributed by atoms with Gasteiger partial charge in [0.05, 0.1) is 12.1 Å². The van der Waals surface area contributed by atoms with Crippen molar-refractivity contribution in [1.29, 1.82) is 0 Å². The molecule has 0 spiro atoms. The van der Waals surface area contributed by atoms with Crippen LogP contribution in [0.3, 0.4) is 0 Å². The number of anilines is 1. The quantitative estimate of drug-likeness (QED) is 0.797. The number of carbonyl (C=O) groups is 1. The highest BCUT2D eigenvalue weighted by Crippen LogP contribution is 2.31. The van der Waals surface area contributed by atoms with Crippen LogP contribution in [-0.2, 0) is 9.53 Å². The van der Waals surface area contributed by atoms with E-state index >= 15 is 0 Å². The minimum absolute atomic E-state index is 0.0967. The maximum absolute atomic E-state index is 12.1. The van der Waals surface area contributed by atoms with E-state index in [0.29, 0.717) is 11.4 Å². The summed E-state index contributed by atoms with van der Waals surface area (Å²) in [6.07, 6.45) is 0.636. The Morgan fingerprint density at radius 1 is 1.53 bits per heavy atom. The van der Waals surface area contributed by atoms with E-state index in [-0.39, 0.29) is 11.9 Å². The average Bonchev–Trinajstić information content (AvgIpc) is 2.38. The molecule has 0 saturated heterocycles. The predicted octanol–water partition coefficient (Wildman–Crippen LogP) is 4.49. The lowest BCUT2D eigenvalue weighted by Crippen LogP contribution is -2.51. The van der Waals surface area contributed by atoms with Gasteiger partial charge in [-0.2, -0.15) is 0 Å². The highest BCUT2D eigenvalue weighted by Gasteiger charge is 2.41. The van der Waals surface area contributed by atoms with Crippen LogP contribution in [-0.4, -0.2) is 18.6 Å². The van der Waals surface area contributed by atoms with E-state index in [1.165, 1.54) is 7.11 Å². The molecule has 1 aromatic rings. The largest absolute Gasteiger partial charge is 0.467 e. The summed E-state index contributed by atoms with van der Waals surface area (Å²) in [4.78, 5) is 12.1. The van der Waals surface area contributed by atoms with E-state index in [4.69, 9.17) is 16.3 Å².